The molecule has 106 valence electrons. The first-order valence-electron chi connectivity index (χ1n) is 7.32. The maximum Gasteiger partial charge on any atom is 0.127 e. The molecule has 2 nitrogen and oxygen atoms in total. The number of nitrogens with two attached hydrogens (primary N) is 1. The predicted molar refractivity (Wildman–Crippen MR) is 84.3 cm³/mol. The average molecular weight is 269 g/mol. The molecule has 2 aromatic rings. The highest BCUT2D eigenvalue weighted by Crippen LogP contribution is 2.26. The summed E-state index contributed by atoms with van der Waals surface area (Å²) >= 11 is 0. The molecule has 2 rings (SSSR count). The molecule has 2 heteroatoms. The van der Waals surface area contributed by atoms with Crippen LogP contribution in [0.25, 0.3) is 0 Å². The van der Waals surface area contributed by atoms with Gasteiger partial charge in [0, 0.05) is 0 Å². The highest BCUT2D eigenvalue weighted by atomic mass is 16.5. The average Bonchev–Trinajstić information content (AvgIpc) is 2.49. The molecule has 0 radical (unpaired) electrons. The van der Waals surface area contributed by atoms with Gasteiger partial charge in [0.25, 0.3) is 0 Å². The number of ether oxygens (including phenoxy) is 1. The van der Waals surface area contributed by atoms with Crippen LogP contribution >= 0.6 is 0 Å². The molecule has 0 amide bonds. The quantitative estimate of drug-likeness (QED) is 0.739. The van der Waals surface area contributed by atoms with Crippen molar-refractivity contribution < 1.29 is 4.74 Å². The molecule has 0 bridgehead atoms. The van der Waals surface area contributed by atoms with Crippen LogP contribution in [0.4, 0.5) is 0 Å². The number of unbranched alkanes of at least 4 members (excludes halogenated alkanes) is 1. The van der Waals surface area contributed by atoms with Crippen LogP contribution in [0.1, 0.15) is 37.7 Å². The van der Waals surface area contributed by atoms with Crippen molar-refractivity contribution in [2.24, 2.45) is 5.73 Å². The van der Waals surface area contributed by atoms with E-state index in [0.717, 1.165) is 24.5 Å². The first kappa shape index (κ1) is 14.6. The minimum absolute atomic E-state index is 0.576. The highest BCUT2D eigenvalue weighted by molar-refractivity contribution is 5.33. The molecular formula is C18H23NO. The fourth-order valence-corrected chi connectivity index (χ4v) is 2.25. The van der Waals surface area contributed by atoms with Gasteiger partial charge in [-0.05, 0) is 55.1 Å². The van der Waals surface area contributed by atoms with Crippen molar-refractivity contribution in [3.8, 4) is 11.5 Å². The normalized spacial score (nSPS) is 12.1. The van der Waals surface area contributed by atoms with Gasteiger partial charge in [0.1, 0.15) is 11.5 Å². The van der Waals surface area contributed by atoms with E-state index in [1.54, 1.807) is 0 Å². The number of para-hydroxylation sites is 1. The van der Waals surface area contributed by atoms with Crippen LogP contribution in [0.5, 0.6) is 11.5 Å². The molecular weight excluding hydrogens is 246 g/mol. The van der Waals surface area contributed by atoms with E-state index in [1.165, 1.54) is 18.4 Å². The van der Waals surface area contributed by atoms with Crippen LogP contribution in [-0.4, -0.2) is 6.54 Å². The number of hydrogen-bond donors (Lipinski definition) is 1. The summed E-state index contributed by atoms with van der Waals surface area (Å²) in [5.41, 5.74) is 6.89. The number of rotatable bonds is 7. The van der Waals surface area contributed by atoms with Crippen LogP contribution in [0, 0.1) is 0 Å². The van der Waals surface area contributed by atoms with E-state index in [-0.39, 0.29) is 0 Å². The Labute approximate surface area is 121 Å². The maximum atomic E-state index is 5.80. The lowest BCUT2D eigenvalue weighted by molar-refractivity contribution is 0.482. The molecule has 0 aliphatic carbocycles. The van der Waals surface area contributed by atoms with Crippen molar-refractivity contribution in [1.29, 1.82) is 0 Å². The summed E-state index contributed by atoms with van der Waals surface area (Å²) in [7, 11) is 0. The summed E-state index contributed by atoms with van der Waals surface area (Å²) in [6, 6.07) is 18.3. The molecule has 0 heterocycles. The van der Waals surface area contributed by atoms with Gasteiger partial charge >= 0.3 is 0 Å². The van der Waals surface area contributed by atoms with Gasteiger partial charge in [0.2, 0.25) is 0 Å². The summed E-state index contributed by atoms with van der Waals surface area (Å²) in [5, 5.41) is 0. The fraction of sp³-hybridized carbons (Fsp3) is 0.333. The molecule has 0 aromatic heterocycles. The molecule has 0 aliphatic rings. The van der Waals surface area contributed by atoms with E-state index < -0.39 is 0 Å². The summed E-state index contributed by atoms with van der Waals surface area (Å²) in [5.74, 6) is 2.33. The van der Waals surface area contributed by atoms with E-state index in [0.29, 0.717) is 5.92 Å². The Morgan fingerprint density at radius 3 is 2.20 bits per heavy atom. The molecule has 0 fully saturated rings. The van der Waals surface area contributed by atoms with Crippen molar-refractivity contribution in [1.82, 2.24) is 0 Å². The van der Waals surface area contributed by atoms with Gasteiger partial charge in [-0.15, -0.1) is 0 Å². The molecule has 1 unspecified atom stereocenters. The zero-order valence-corrected chi connectivity index (χ0v) is 12.1. The number of benzene rings is 2. The third kappa shape index (κ3) is 4.39. The van der Waals surface area contributed by atoms with Crippen molar-refractivity contribution in [3.63, 3.8) is 0 Å². The zero-order chi connectivity index (χ0) is 14.2. The van der Waals surface area contributed by atoms with E-state index in [4.69, 9.17) is 10.5 Å². The predicted octanol–water partition coefficient (Wildman–Crippen LogP) is 4.71. The SMILES string of the molecule is CC(CCCCN)c1ccc(Oc2ccccc2)cc1. The second-order valence-corrected chi connectivity index (χ2v) is 5.17. The van der Waals surface area contributed by atoms with Crippen molar-refractivity contribution in [2.75, 3.05) is 6.54 Å². The highest BCUT2D eigenvalue weighted by Gasteiger charge is 2.05. The third-order valence-corrected chi connectivity index (χ3v) is 3.52. The molecule has 0 saturated carbocycles. The van der Waals surface area contributed by atoms with Crippen LogP contribution in [-0.2, 0) is 0 Å². The van der Waals surface area contributed by atoms with Gasteiger partial charge in [-0.2, -0.15) is 0 Å². The molecule has 2 N–H and O–H groups in total. The van der Waals surface area contributed by atoms with Gasteiger partial charge in [0.05, 0.1) is 0 Å². The standard InChI is InChI=1S/C18H23NO/c1-15(7-5-6-14-19)16-10-12-18(13-11-16)20-17-8-3-2-4-9-17/h2-4,8-13,15H,5-7,14,19H2,1H3. The minimum Gasteiger partial charge on any atom is -0.457 e. The topological polar surface area (TPSA) is 35.2 Å². The molecule has 2 aromatic carbocycles. The second kappa shape index (κ2) is 7.71. The Bertz CT molecular complexity index is 493. The molecule has 0 aliphatic heterocycles. The Hall–Kier alpha value is -1.80. The molecule has 0 saturated heterocycles. The molecule has 0 spiro atoms. The van der Waals surface area contributed by atoms with E-state index in [1.807, 2.05) is 42.5 Å². The van der Waals surface area contributed by atoms with Crippen LogP contribution < -0.4 is 10.5 Å². The van der Waals surface area contributed by atoms with Crippen molar-refractivity contribution in [3.05, 3.63) is 60.2 Å². The second-order valence-electron chi connectivity index (χ2n) is 5.17. The zero-order valence-electron chi connectivity index (χ0n) is 12.1. The van der Waals surface area contributed by atoms with Crippen LogP contribution in [0.15, 0.2) is 54.6 Å². The van der Waals surface area contributed by atoms with E-state index in [9.17, 15) is 0 Å². The van der Waals surface area contributed by atoms with Gasteiger partial charge in [-0.1, -0.05) is 43.7 Å². The van der Waals surface area contributed by atoms with Gasteiger partial charge in [-0.25, -0.2) is 0 Å². The lowest BCUT2D eigenvalue weighted by atomic mass is 9.95. The third-order valence-electron chi connectivity index (χ3n) is 3.52. The summed E-state index contributed by atoms with van der Waals surface area (Å²) in [4.78, 5) is 0. The fourth-order valence-electron chi connectivity index (χ4n) is 2.25. The maximum absolute atomic E-state index is 5.80. The van der Waals surface area contributed by atoms with Crippen LogP contribution in [0.2, 0.25) is 0 Å². The summed E-state index contributed by atoms with van der Waals surface area (Å²) in [6.07, 6.45) is 3.50. The molecule has 20 heavy (non-hydrogen) atoms. The Balaban J connectivity index is 1.92. The summed E-state index contributed by atoms with van der Waals surface area (Å²) in [6.45, 7) is 3.06. The Morgan fingerprint density at radius 2 is 1.55 bits per heavy atom. The van der Waals surface area contributed by atoms with Gasteiger partial charge in [0.15, 0.2) is 0 Å². The lowest BCUT2D eigenvalue weighted by Gasteiger charge is -2.12. The number of hydrogen-bond acceptors (Lipinski definition) is 2. The first-order chi connectivity index (χ1) is 9.79. The minimum atomic E-state index is 0.576. The van der Waals surface area contributed by atoms with E-state index in [2.05, 4.69) is 19.1 Å². The van der Waals surface area contributed by atoms with Gasteiger partial charge in [-0.3, -0.25) is 0 Å². The van der Waals surface area contributed by atoms with Crippen molar-refractivity contribution >= 4 is 0 Å². The molecule has 1 atom stereocenters. The smallest absolute Gasteiger partial charge is 0.127 e. The largest absolute Gasteiger partial charge is 0.457 e. The summed E-state index contributed by atoms with van der Waals surface area (Å²) < 4.78 is 5.80. The monoisotopic (exact) mass is 269 g/mol. The van der Waals surface area contributed by atoms with E-state index >= 15 is 0 Å². The van der Waals surface area contributed by atoms with Gasteiger partial charge < -0.3 is 10.5 Å². The first-order valence-corrected chi connectivity index (χ1v) is 7.32. The lowest BCUT2D eigenvalue weighted by Crippen LogP contribution is -2.00. The Morgan fingerprint density at radius 1 is 0.900 bits per heavy atom. The van der Waals surface area contributed by atoms with Crippen LogP contribution in [0.3, 0.4) is 0 Å². The van der Waals surface area contributed by atoms with Crippen molar-refractivity contribution in [2.45, 2.75) is 32.1 Å². The Kier molecular flexibility index (Phi) is 5.63.